The minimum Gasteiger partial charge on any atom is -0.507 e. The molecule has 0 aromatic heterocycles. The molecule has 0 radical (unpaired) electrons. The van der Waals surface area contributed by atoms with Crippen molar-refractivity contribution in [3.05, 3.63) is 114 Å². The molecule has 4 rings (SSSR count). The smallest absolute Gasteiger partial charge is 0.328 e. The Kier molecular flexibility index (Phi) is 7.44. The maximum atomic E-state index is 13.7. The summed E-state index contributed by atoms with van der Waals surface area (Å²) in [6.07, 6.45) is 0.213. The van der Waals surface area contributed by atoms with Crippen molar-refractivity contribution in [1.82, 2.24) is 5.32 Å². The summed E-state index contributed by atoms with van der Waals surface area (Å²) >= 11 is 0. The fraction of sp³-hybridized carbons (Fsp3) is 0.133. The molecule has 0 unspecified atom stereocenters. The molecule has 0 aliphatic heterocycles. The van der Waals surface area contributed by atoms with Gasteiger partial charge in [-0.2, -0.15) is 0 Å². The highest BCUT2D eigenvalue weighted by Gasteiger charge is 2.24. The predicted octanol–water partition coefficient (Wildman–Crippen LogP) is 5.69. The summed E-state index contributed by atoms with van der Waals surface area (Å²) in [7, 11) is 1.26. The number of ether oxygens (including phenoxy) is 1. The van der Waals surface area contributed by atoms with Crippen molar-refractivity contribution in [3.8, 4) is 28.0 Å². The molecule has 6 heteroatoms. The topological polar surface area (TPSA) is 75.6 Å². The Morgan fingerprint density at radius 2 is 1.47 bits per heavy atom. The monoisotopic (exact) mass is 483 g/mol. The van der Waals surface area contributed by atoms with Gasteiger partial charge >= 0.3 is 5.97 Å². The first-order valence-corrected chi connectivity index (χ1v) is 11.5. The SMILES string of the molecule is COC(=O)[C@H](Cc1ccc(-c2ccccc2)cc1)NC(=O)c1cc(-c2ccc(F)c(C)c2)ccc1O. The number of carbonyl (C=O) groups excluding carboxylic acids is 2. The Morgan fingerprint density at radius 3 is 2.14 bits per heavy atom. The van der Waals surface area contributed by atoms with Crippen molar-refractivity contribution in [2.24, 2.45) is 0 Å². The third kappa shape index (κ3) is 5.61. The summed E-state index contributed by atoms with van der Waals surface area (Å²) < 4.78 is 18.6. The van der Waals surface area contributed by atoms with E-state index >= 15 is 0 Å². The lowest BCUT2D eigenvalue weighted by atomic mass is 9.99. The molecule has 1 atom stereocenters. The number of aryl methyl sites for hydroxylation is 1. The van der Waals surface area contributed by atoms with Crippen molar-refractivity contribution >= 4 is 11.9 Å². The van der Waals surface area contributed by atoms with Gasteiger partial charge in [0.05, 0.1) is 12.7 Å². The normalized spacial score (nSPS) is 11.5. The van der Waals surface area contributed by atoms with Crippen molar-refractivity contribution in [2.75, 3.05) is 7.11 Å². The molecule has 0 aliphatic carbocycles. The van der Waals surface area contributed by atoms with Crippen LogP contribution in [0.1, 0.15) is 21.5 Å². The van der Waals surface area contributed by atoms with Crippen LogP contribution in [-0.2, 0) is 16.0 Å². The number of phenolic OH excluding ortho intramolecular Hbond substituents is 1. The highest BCUT2D eigenvalue weighted by Crippen LogP contribution is 2.27. The predicted molar refractivity (Wildman–Crippen MR) is 137 cm³/mol. The van der Waals surface area contributed by atoms with E-state index in [2.05, 4.69) is 5.32 Å². The number of aromatic hydroxyl groups is 1. The zero-order valence-corrected chi connectivity index (χ0v) is 20.0. The van der Waals surface area contributed by atoms with Crippen LogP contribution in [0.3, 0.4) is 0 Å². The molecule has 4 aromatic carbocycles. The van der Waals surface area contributed by atoms with Crippen molar-refractivity contribution in [2.45, 2.75) is 19.4 Å². The summed E-state index contributed by atoms with van der Waals surface area (Å²) in [6.45, 7) is 1.65. The number of phenols is 1. The minimum absolute atomic E-state index is 0.00260. The summed E-state index contributed by atoms with van der Waals surface area (Å²) in [5.74, 6) is -1.77. The van der Waals surface area contributed by atoms with Crippen LogP contribution in [0.4, 0.5) is 4.39 Å². The first kappa shape index (κ1) is 24.7. The Hall–Kier alpha value is -4.45. The van der Waals surface area contributed by atoms with Gasteiger partial charge in [0.25, 0.3) is 5.91 Å². The highest BCUT2D eigenvalue weighted by atomic mass is 19.1. The number of nitrogens with one attached hydrogen (secondary N) is 1. The van der Waals surface area contributed by atoms with Gasteiger partial charge in [0.1, 0.15) is 17.6 Å². The van der Waals surface area contributed by atoms with Crippen LogP contribution in [0.2, 0.25) is 0 Å². The number of hydrogen-bond donors (Lipinski definition) is 2. The molecule has 0 bridgehead atoms. The van der Waals surface area contributed by atoms with Gasteiger partial charge in [0.15, 0.2) is 0 Å². The van der Waals surface area contributed by atoms with Gasteiger partial charge in [-0.1, -0.05) is 66.7 Å². The van der Waals surface area contributed by atoms with E-state index in [1.165, 1.54) is 25.3 Å². The number of amides is 1. The number of esters is 1. The lowest BCUT2D eigenvalue weighted by molar-refractivity contribution is -0.142. The number of methoxy groups -OCH3 is 1. The van der Waals surface area contributed by atoms with Crippen molar-refractivity contribution in [1.29, 1.82) is 0 Å². The van der Waals surface area contributed by atoms with Crippen LogP contribution in [-0.4, -0.2) is 30.1 Å². The third-order valence-electron chi connectivity index (χ3n) is 6.02. The van der Waals surface area contributed by atoms with E-state index in [0.717, 1.165) is 16.7 Å². The standard InChI is InChI=1S/C30H26FNO4/c1-19-16-23(12-14-26(19)31)24-13-15-28(33)25(18-24)29(34)32-27(30(35)36-2)17-20-8-10-22(11-9-20)21-6-4-3-5-7-21/h3-16,18,27,33H,17H2,1-2H3,(H,32,34)/t27-/m0/s1. The molecule has 0 spiro atoms. The van der Waals surface area contributed by atoms with Crippen LogP contribution in [0.5, 0.6) is 5.75 Å². The largest absolute Gasteiger partial charge is 0.507 e. The molecule has 0 saturated heterocycles. The second-order valence-corrected chi connectivity index (χ2v) is 8.51. The zero-order valence-electron chi connectivity index (χ0n) is 20.0. The second kappa shape index (κ2) is 10.9. The maximum Gasteiger partial charge on any atom is 0.328 e. The van der Waals surface area contributed by atoms with Crippen LogP contribution in [0.15, 0.2) is 91.0 Å². The van der Waals surface area contributed by atoms with Gasteiger partial charge in [-0.25, -0.2) is 9.18 Å². The Balaban J connectivity index is 1.54. The Morgan fingerprint density at radius 1 is 0.861 bits per heavy atom. The molecule has 0 aliphatic rings. The van der Waals surface area contributed by atoms with Crippen molar-refractivity contribution < 1.29 is 23.8 Å². The van der Waals surface area contributed by atoms with Gasteiger partial charge in [0.2, 0.25) is 0 Å². The molecule has 2 N–H and O–H groups in total. The van der Waals surface area contributed by atoms with E-state index in [0.29, 0.717) is 16.7 Å². The molecule has 0 fully saturated rings. The number of rotatable bonds is 7. The number of hydrogen-bond acceptors (Lipinski definition) is 4. The summed E-state index contributed by atoms with van der Waals surface area (Å²) in [4.78, 5) is 25.6. The van der Waals surface area contributed by atoms with Gasteiger partial charge in [0, 0.05) is 6.42 Å². The third-order valence-corrected chi connectivity index (χ3v) is 6.02. The number of carbonyl (C=O) groups is 2. The van der Waals surface area contributed by atoms with Crippen LogP contribution >= 0.6 is 0 Å². The molecule has 4 aromatic rings. The van der Waals surface area contributed by atoms with Gasteiger partial charge in [-0.15, -0.1) is 0 Å². The first-order chi connectivity index (χ1) is 17.4. The number of halogens is 1. The fourth-order valence-electron chi connectivity index (χ4n) is 3.99. The van der Waals surface area contributed by atoms with E-state index in [4.69, 9.17) is 4.74 Å². The maximum absolute atomic E-state index is 13.7. The summed E-state index contributed by atoms with van der Waals surface area (Å²) in [6, 6.07) is 25.9. The average Bonchev–Trinajstić information content (AvgIpc) is 2.90. The van der Waals surface area contributed by atoms with Gasteiger partial charge in [-0.05, 0) is 64.6 Å². The fourth-order valence-corrected chi connectivity index (χ4v) is 3.99. The lowest BCUT2D eigenvalue weighted by Gasteiger charge is -2.18. The Bertz CT molecular complexity index is 1380. The van der Waals surface area contributed by atoms with E-state index in [9.17, 15) is 19.1 Å². The Labute approximate surface area is 209 Å². The van der Waals surface area contributed by atoms with Crippen molar-refractivity contribution in [3.63, 3.8) is 0 Å². The molecular weight excluding hydrogens is 457 g/mol. The average molecular weight is 484 g/mol. The molecule has 5 nitrogen and oxygen atoms in total. The molecule has 1 amide bonds. The van der Waals surface area contributed by atoms with E-state index in [1.54, 1.807) is 25.1 Å². The van der Waals surface area contributed by atoms with Crippen LogP contribution in [0.25, 0.3) is 22.3 Å². The van der Waals surface area contributed by atoms with E-state index < -0.39 is 17.9 Å². The van der Waals surface area contributed by atoms with E-state index in [1.807, 2.05) is 54.6 Å². The molecule has 36 heavy (non-hydrogen) atoms. The van der Waals surface area contributed by atoms with Gasteiger partial charge in [-0.3, -0.25) is 4.79 Å². The zero-order chi connectivity index (χ0) is 25.7. The lowest BCUT2D eigenvalue weighted by Crippen LogP contribution is -2.43. The summed E-state index contributed by atoms with van der Waals surface area (Å²) in [5.41, 5.74) is 4.76. The first-order valence-electron chi connectivity index (χ1n) is 11.5. The highest BCUT2D eigenvalue weighted by molar-refractivity contribution is 6.00. The van der Waals surface area contributed by atoms with Crippen LogP contribution < -0.4 is 5.32 Å². The molecule has 182 valence electrons. The molecule has 0 saturated carbocycles. The minimum atomic E-state index is -0.957. The summed E-state index contributed by atoms with van der Waals surface area (Å²) in [5, 5.41) is 13.0. The quantitative estimate of drug-likeness (QED) is 0.331. The van der Waals surface area contributed by atoms with Gasteiger partial charge < -0.3 is 15.2 Å². The van der Waals surface area contributed by atoms with Crippen LogP contribution in [0, 0.1) is 12.7 Å². The second-order valence-electron chi connectivity index (χ2n) is 8.51. The molecular formula is C30H26FNO4. The number of benzene rings is 4. The van der Waals surface area contributed by atoms with E-state index in [-0.39, 0.29) is 23.6 Å². The molecule has 0 heterocycles.